The zero-order valence-corrected chi connectivity index (χ0v) is 18.0. The zero-order valence-electron chi connectivity index (χ0n) is 18.0. The highest BCUT2D eigenvalue weighted by molar-refractivity contribution is 6.17. The fourth-order valence-electron chi connectivity index (χ4n) is 5.03. The van der Waals surface area contributed by atoms with E-state index < -0.39 is 0 Å². The molecule has 1 heteroatoms. The van der Waals surface area contributed by atoms with E-state index in [1.807, 2.05) is 0 Å². The Morgan fingerprint density at radius 2 is 1.29 bits per heavy atom. The Morgan fingerprint density at radius 1 is 0.581 bits per heavy atom. The highest BCUT2D eigenvalue weighted by atomic mass is 14.7. The molecule has 1 aromatic heterocycles. The maximum absolute atomic E-state index is 5.18. The normalized spacial score (nSPS) is 11.7. The van der Waals surface area contributed by atoms with Crippen LogP contribution in [0.2, 0.25) is 0 Å². The van der Waals surface area contributed by atoms with Crippen LogP contribution in [0.5, 0.6) is 0 Å². The van der Waals surface area contributed by atoms with Crippen LogP contribution in [0.1, 0.15) is 16.7 Å². The number of hydrogen-bond acceptors (Lipinski definition) is 1. The Hall–Kier alpha value is -3.71. The molecule has 0 amide bonds. The monoisotopic (exact) mass is 397 g/mol. The summed E-state index contributed by atoms with van der Waals surface area (Å²) in [5, 5.41) is 1.30. The van der Waals surface area contributed by atoms with Crippen LogP contribution in [0.4, 0.5) is 0 Å². The van der Waals surface area contributed by atoms with E-state index in [9.17, 15) is 0 Å². The molecule has 0 unspecified atom stereocenters. The van der Waals surface area contributed by atoms with Gasteiger partial charge in [0.1, 0.15) is 0 Å². The van der Waals surface area contributed by atoms with Crippen molar-refractivity contribution in [2.75, 3.05) is 0 Å². The molecule has 31 heavy (non-hydrogen) atoms. The maximum Gasteiger partial charge on any atom is 0.0745 e. The second-order valence-corrected chi connectivity index (χ2v) is 8.60. The average Bonchev–Trinajstić information content (AvgIpc) is 3.15. The molecule has 0 saturated carbocycles. The van der Waals surface area contributed by atoms with E-state index in [0.717, 1.165) is 11.2 Å². The smallest absolute Gasteiger partial charge is 0.0745 e. The van der Waals surface area contributed by atoms with Crippen LogP contribution in [0.15, 0.2) is 84.9 Å². The lowest BCUT2D eigenvalue weighted by molar-refractivity contribution is 1.33. The number of fused-ring (bicyclic) bond motifs is 3. The molecule has 1 aliphatic carbocycles. The van der Waals surface area contributed by atoms with E-state index in [1.54, 1.807) is 0 Å². The molecule has 1 nitrogen and oxygen atoms in total. The number of aromatic nitrogens is 1. The number of pyridine rings is 1. The first-order valence-electron chi connectivity index (χ1n) is 10.8. The predicted molar refractivity (Wildman–Crippen MR) is 131 cm³/mol. The molecule has 1 heterocycles. The molecular formula is C30H23N. The third-order valence-corrected chi connectivity index (χ3v) is 6.59. The van der Waals surface area contributed by atoms with Gasteiger partial charge in [-0.3, -0.25) is 0 Å². The quantitative estimate of drug-likeness (QED) is 0.287. The summed E-state index contributed by atoms with van der Waals surface area (Å²) in [7, 11) is 0. The van der Waals surface area contributed by atoms with Crippen LogP contribution in [-0.4, -0.2) is 4.98 Å². The van der Waals surface area contributed by atoms with Crippen molar-refractivity contribution in [2.24, 2.45) is 0 Å². The third-order valence-electron chi connectivity index (χ3n) is 6.59. The topological polar surface area (TPSA) is 12.9 Å². The SMILES string of the molecule is Cc1ccc(-c2cccc(-c3nc4ccc(C)c5c4c(c3C)-c3ccccc3-5)c2)cc1. The van der Waals surface area contributed by atoms with Crippen LogP contribution < -0.4 is 0 Å². The summed E-state index contributed by atoms with van der Waals surface area (Å²) in [6.07, 6.45) is 0. The van der Waals surface area contributed by atoms with Crippen molar-refractivity contribution in [3.05, 3.63) is 102 Å². The van der Waals surface area contributed by atoms with Gasteiger partial charge < -0.3 is 0 Å². The molecule has 148 valence electrons. The molecule has 0 atom stereocenters. The molecule has 4 aromatic carbocycles. The van der Waals surface area contributed by atoms with Crippen molar-refractivity contribution in [1.82, 2.24) is 4.98 Å². The summed E-state index contributed by atoms with van der Waals surface area (Å²) >= 11 is 0. The minimum atomic E-state index is 1.07. The number of rotatable bonds is 2. The number of aryl methyl sites for hydroxylation is 2. The van der Waals surface area contributed by atoms with Gasteiger partial charge in [0.2, 0.25) is 0 Å². The van der Waals surface area contributed by atoms with E-state index in [0.29, 0.717) is 0 Å². The fourth-order valence-corrected chi connectivity index (χ4v) is 5.03. The van der Waals surface area contributed by atoms with E-state index >= 15 is 0 Å². The Labute approximate surface area is 183 Å². The molecule has 0 bridgehead atoms. The summed E-state index contributed by atoms with van der Waals surface area (Å²) in [5.74, 6) is 0. The predicted octanol–water partition coefficient (Wildman–Crippen LogP) is 8.14. The van der Waals surface area contributed by atoms with Crippen LogP contribution in [0.3, 0.4) is 0 Å². The van der Waals surface area contributed by atoms with Crippen molar-refractivity contribution < 1.29 is 0 Å². The third kappa shape index (κ3) is 2.67. The van der Waals surface area contributed by atoms with Crippen molar-refractivity contribution in [2.45, 2.75) is 20.8 Å². The molecule has 5 aromatic rings. The van der Waals surface area contributed by atoms with Crippen LogP contribution in [0.25, 0.3) is 55.5 Å². The molecule has 0 fully saturated rings. The van der Waals surface area contributed by atoms with Gasteiger partial charge in [-0.1, -0.05) is 78.4 Å². The van der Waals surface area contributed by atoms with E-state index in [2.05, 4.69) is 106 Å². The van der Waals surface area contributed by atoms with Gasteiger partial charge in [-0.25, -0.2) is 4.98 Å². The standard InChI is InChI=1S/C30H23N/c1-18-11-14-21(15-12-18)22-7-6-8-23(17-22)30-20(3)28-25-10-5-4-9-24(25)27-19(2)13-16-26(31-30)29(27)28/h4-17H,1-3H3. The summed E-state index contributed by atoms with van der Waals surface area (Å²) in [6, 6.07) is 30.7. The summed E-state index contributed by atoms with van der Waals surface area (Å²) in [5.41, 5.74) is 15.0. The first-order valence-corrected chi connectivity index (χ1v) is 10.8. The van der Waals surface area contributed by atoms with Gasteiger partial charge in [-0.15, -0.1) is 0 Å². The largest absolute Gasteiger partial charge is 0.247 e. The van der Waals surface area contributed by atoms with Gasteiger partial charge >= 0.3 is 0 Å². The van der Waals surface area contributed by atoms with Gasteiger partial charge in [0.25, 0.3) is 0 Å². The summed E-state index contributed by atoms with van der Waals surface area (Å²) in [6.45, 7) is 6.55. The Bertz CT molecular complexity index is 1490. The zero-order chi connectivity index (χ0) is 21.1. The molecule has 6 rings (SSSR count). The van der Waals surface area contributed by atoms with Crippen LogP contribution in [0, 0.1) is 20.8 Å². The van der Waals surface area contributed by atoms with Crippen molar-refractivity contribution in [1.29, 1.82) is 0 Å². The first-order chi connectivity index (χ1) is 15.1. The molecule has 0 spiro atoms. The molecular weight excluding hydrogens is 374 g/mol. The lowest BCUT2D eigenvalue weighted by Gasteiger charge is -2.14. The highest BCUT2D eigenvalue weighted by Gasteiger charge is 2.26. The molecule has 0 aliphatic heterocycles. The highest BCUT2D eigenvalue weighted by Crippen LogP contribution is 2.51. The molecule has 0 saturated heterocycles. The van der Waals surface area contributed by atoms with Crippen molar-refractivity contribution >= 4 is 10.9 Å². The number of nitrogens with zero attached hydrogens (tertiary/aromatic N) is 1. The van der Waals surface area contributed by atoms with Crippen LogP contribution in [-0.2, 0) is 0 Å². The van der Waals surface area contributed by atoms with Crippen molar-refractivity contribution in [3.63, 3.8) is 0 Å². The van der Waals surface area contributed by atoms with E-state index in [4.69, 9.17) is 4.98 Å². The Kier molecular flexibility index (Phi) is 3.88. The van der Waals surface area contributed by atoms with Crippen molar-refractivity contribution in [3.8, 4) is 44.6 Å². The maximum atomic E-state index is 5.18. The number of hydrogen-bond donors (Lipinski definition) is 0. The van der Waals surface area contributed by atoms with Crippen LogP contribution >= 0.6 is 0 Å². The minimum absolute atomic E-state index is 1.07. The fraction of sp³-hybridized carbons (Fsp3) is 0.100. The van der Waals surface area contributed by atoms with Gasteiger partial charge in [0.15, 0.2) is 0 Å². The summed E-state index contributed by atoms with van der Waals surface area (Å²) < 4.78 is 0. The molecule has 0 radical (unpaired) electrons. The first kappa shape index (κ1) is 18.1. The van der Waals surface area contributed by atoms with Gasteiger partial charge in [-0.05, 0) is 77.4 Å². The lowest BCUT2D eigenvalue weighted by atomic mass is 9.94. The van der Waals surface area contributed by atoms with Gasteiger partial charge in [0, 0.05) is 10.9 Å². The average molecular weight is 398 g/mol. The Balaban J connectivity index is 1.61. The minimum Gasteiger partial charge on any atom is -0.247 e. The van der Waals surface area contributed by atoms with E-state index in [-0.39, 0.29) is 0 Å². The summed E-state index contributed by atoms with van der Waals surface area (Å²) in [4.78, 5) is 5.18. The second kappa shape index (κ2) is 6.65. The van der Waals surface area contributed by atoms with E-state index in [1.165, 1.54) is 61.0 Å². The lowest BCUT2D eigenvalue weighted by Crippen LogP contribution is -1.94. The second-order valence-electron chi connectivity index (χ2n) is 8.60. The van der Waals surface area contributed by atoms with Gasteiger partial charge in [0.05, 0.1) is 11.2 Å². The Morgan fingerprint density at radius 3 is 2.06 bits per heavy atom. The molecule has 0 N–H and O–H groups in total. The molecule has 1 aliphatic rings. The number of benzene rings is 4. The van der Waals surface area contributed by atoms with Gasteiger partial charge in [-0.2, -0.15) is 0 Å².